The van der Waals surface area contributed by atoms with Crippen molar-refractivity contribution in [2.75, 3.05) is 11.5 Å². The van der Waals surface area contributed by atoms with Crippen molar-refractivity contribution in [3.63, 3.8) is 0 Å². The highest BCUT2D eigenvalue weighted by atomic mass is 16.5. The van der Waals surface area contributed by atoms with Gasteiger partial charge >= 0.3 is 7.12 Å². The number of aromatic hydroxyl groups is 1. The highest BCUT2D eigenvalue weighted by molar-refractivity contribution is 6.43. The Bertz CT molecular complexity index is 1600. The van der Waals surface area contributed by atoms with Crippen molar-refractivity contribution in [2.45, 2.75) is 52.5 Å². The van der Waals surface area contributed by atoms with E-state index in [2.05, 4.69) is 13.0 Å². The molecule has 0 bridgehead atoms. The first-order valence-electron chi connectivity index (χ1n) is 15.3. The summed E-state index contributed by atoms with van der Waals surface area (Å²) in [5, 5.41) is 21.1. The fourth-order valence-electron chi connectivity index (χ4n) is 7.20. The Labute approximate surface area is 259 Å². The molecule has 3 aromatic rings. The third kappa shape index (κ3) is 5.84. The topological polar surface area (TPSA) is 96.3 Å². The molecule has 8 heteroatoms. The van der Waals surface area contributed by atoms with Crippen molar-refractivity contribution in [1.29, 1.82) is 0 Å². The molecule has 226 valence electrons. The second kappa shape index (κ2) is 12.5. The number of aryl methyl sites for hydroxylation is 2. The van der Waals surface area contributed by atoms with Crippen LogP contribution in [0.2, 0.25) is 6.32 Å². The van der Waals surface area contributed by atoms with Crippen LogP contribution in [-0.2, 0) is 14.2 Å². The molecule has 2 saturated heterocycles. The van der Waals surface area contributed by atoms with Gasteiger partial charge in [0, 0.05) is 0 Å². The number of nitrogens with zero attached hydrogens (tertiary/aromatic N) is 1. The van der Waals surface area contributed by atoms with E-state index in [1.54, 1.807) is 12.1 Å². The van der Waals surface area contributed by atoms with E-state index in [-0.39, 0.29) is 30.7 Å². The van der Waals surface area contributed by atoms with Crippen LogP contribution in [0.1, 0.15) is 42.9 Å². The summed E-state index contributed by atoms with van der Waals surface area (Å²) in [6, 6.07) is 22.6. The summed E-state index contributed by atoms with van der Waals surface area (Å²) in [5.74, 6) is -0.761. The molecule has 0 radical (unpaired) electrons. The standard InChI is InChI=1S/C36H38BNO6/c1-22(16-25-17-23(2)34(39)24(3)18-25)14-15-31-32-26(21-43-28-12-8-5-9-13-28)19-29-33(30(32)20-37(42)44-31)36(41)38(35(29)40)27-10-6-4-7-11-27/h4-13,16-18,29-31,33,39,42H,14-15,19-21H2,1-3H3/b22-16+/t29-,30+,31-,33-/m1/s1. The van der Waals surface area contributed by atoms with Crippen molar-refractivity contribution in [2.24, 2.45) is 17.8 Å². The number of phenols is 1. The molecule has 0 unspecified atom stereocenters. The number of ether oxygens (including phenoxy) is 1. The summed E-state index contributed by atoms with van der Waals surface area (Å²) < 4.78 is 12.4. The maximum atomic E-state index is 14.0. The number of carbonyl (C=O) groups excluding carboxylic acids is 2. The molecule has 3 aromatic carbocycles. The Morgan fingerprint density at radius 1 is 1.00 bits per heavy atom. The average molecular weight is 592 g/mol. The highest BCUT2D eigenvalue weighted by Gasteiger charge is 2.57. The van der Waals surface area contributed by atoms with Gasteiger partial charge in [-0.15, -0.1) is 0 Å². The summed E-state index contributed by atoms with van der Waals surface area (Å²) >= 11 is 0. The summed E-state index contributed by atoms with van der Waals surface area (Å²) in [5.41, 5.74) is 6.35. The molecule has 6 rings (SSSR count). The number of amides is 2. The fourth-order valence-corrected chi connectivity index (χ4v) is 7.20. The minimum Gasteiger partial charge on any atom is -0.507 e. The van der Waals surface area contributed by atoms with Gasteiger partial charge in [0.15, 0.2) is 0 Å². The normalized spacial score (nSPS) is 23.6. The molecule has 0 saturated carbocycles. The molecular formula is C36H38BNO6. The van der Waals surface area contributed by atoms with E-state index in [1.165, 1.54) is 4.90 Å². The van der Waals surface area contributed by atoms with Crippen molar-refractivity contribution in [3.8, 4) is 11.5 Å². The SMILES string of the molecule is C/C(=C\c1cc(C)c(O)c(C)c1)CC[C@H]1OB(O)C[C@H]2C1=C(COc1ccccc1)C[C@H]1C(=O)N(c3ccccc3)C(=O)[C@H]12. The fraction of sp³-hybridized carbons (Fsp3) is 0.333. The predicted octanol–water partition coefficient (Wildman–Crippen LogP) is 6.27. The lowest BCUT2D eigenvalue weighted by molar-refractivity contribution is -0.122. The summed E-state index contributed by atoms with van der Waals surface area (Å²) in [4.78, 5) is 29.1. The van der Waals surface area contributed by atoms with Gasteiger partial charge in [0.2, 0.25) is 11.8 Å². The molecule has 2 fully saturated rings. The van der Waals surface area contributed by atoms with E-state index in [0.29, 0.717) is 30.7 Å². The minimum atomic E-state index is -1.04. The zero-order chi connectivity index (χ0) is 31.0. The van der Waals surface area contributed by atoms with E-state index >= 15 is 0 Å². The number of fused-ring (bicyclic) bond motifs is 3. The molecule has 7 nitrogen and oxygen atoms in total. The van der Waals surface area contributed by atoms with E-state index in [4.69, 9.17) is 9.39 Å². The Morgan fingerprint density at radius 3 is 2.34 bits per heavy atom. The van der Waals surface area contributed by atoms with Gasteiger partial charge in [-0.2, -0.15) is 0 Å². The molecule has 2 aliphatic heterocycles. The van der Waals surface area contributed by atoms with Gasteiger partial charge in [-0.05, 0) is 117 Å². The number of allylic oxidation sites excluding steroid dienone is 1. The first-order valence-corrected chi connectivity index (χ1v) is 15.3. The van der Waals surface area contributed by atoms with E-state index in [1.807, 2.05) is 74.5 Å². The predicted molar refractivity (Wildman–Crippen MR) is 171 cm³/mol. The van der Waals surface area contributed by atoms with E-state index in [0.717, 1.165) is 39.2 Å². The van der Waals surface area contributed by atoms with Crippen molar-refractivity contribution in [3.05, 3.63) is 106 Å². The summed E-state index contributed by atoms with van der Waals surface area (Å²) in [7, 11) is -1.04. The van der Waals surface area contributed by atoms with Gasteiger partial charge in [0.25, 0.3) is 0 Å². The highest BCUT2D eigenvalue weighted by Crippen LogP contribution is 2.51. The van der Waals surface area contributed by atoms with Crippen LogP contribution in [0.3, 0.4) is 0 Å². The maximum absolute atomic E-state index is 14.0. The van der Waals surface area contributed by atoms with Gasteiger partial charge < -0.3 is 19.5 Å². The number of phenolic OH excluding ortho intramolecular Hbond substituents is 1. The van der Waals surface area contributed by atoms with Crippen molar-refractivity contribution < 1.29 is 29.1 Å². The molecule has 4 atom stereocenters. The molecule has 1 aliphatic carbocycles. The van der Waals surface area contributed by atoms with Crippen LogP contribution in [0.5, 0.6) is 11.5 Å². The second-order valence-corrected chi connectivity index (χ2v) is 12.3. The smallest absolute Gasteiger partial charge is 0.455 e. The molecular weight excluding hydrogens is 553 g/mol. The lowest BCUT2D eigenvalue weighted by Gasteiger charge is -2.43. The lowest BCUT2D eigenvalue weighted by atomic mass is 9.58. The first-order chi connectivity index (χ1) is 21.2. The minimum absolute atomic E-state index is 0.196. The van der Waals surface area contributed by atoms with Crippen LogP contribution >= 0.6 is 0 Å². The van der Waals surface area contributed by atoms with Crippen LogP contribution in [-0.4, -0.2) is 41.8 Å². The quantitative estimate of drug-likeness (QED) is 0.182. The van der Waals surface area contributed by atoms with Gasteiger partial charge in [0.1, 0.15) is 18.1 Å². The molecule has 3 aliphatic rings. The third-order valence-corrected chi connectivity index (χ3v) is 9.21. The Kier molecular flexibility index (Phi) is 8.47. The van der Waals surface area contributed by atoms with Gasteiger partial charge in [-0.3, -0.25) is 14.5 Å². The number of para-hydroxylation sites is 2. The molecule has 2 N–H and O–H groups in total. The largest absolute Gasteiger partial charge is 0.507 e. The number of carbonyl (C=O) groups is 2. The zero-order valence-electron chi connectivity index (χ0n) is 25.4. The Morgan fingerprint density at radius 2 is 1.66 bits per heavy atom. The van der Waals surface area contributed by atoms with Gasteiger partial charge in [-0.1, -0.05) is 48.0 Å². The number of imide groups is 1. The molecule has 0 spiro atoms. The number of hydrogen-bond acceptors (Lipinski definition) is 6. The number of benzene rings is 3. The Hall–Kier alpha value is -4.14. The average Bonchev–Trinajstić information content (AvgIpc) is 3.27. The third-order valence-electron chi connectivity index (χ3n) is 9.21. The van der Waals surface area contributed by atoms with Gasteiger partial charge in [0.05, 0.1) is 23.6 Å². The Balaban J connectivity index is 1.31. The van der Waals surface area contributed by atoms with Crippen molar-refractivity contribution in [1.82, 2.24) is 0 Å². The number of anilines is 1. The van der Waals surface area contributed by atoms with E-state index < -0.39 is 25.1 Å². The number of hydrogen-bond donors (Lipinski definition) is 2. The van der Waals surface area contributed by atoms with Crippen LogP contribution in [0, 0.1) is 31.6 Å². The zero-order valence-corrected chi connectivity index (χ0v) is 25.4. The monoisotopic (exact) mass is 591 g/mol. The maximum Gasteiger partial charge on any atom is 0.455 e. The van der Waals surface area contributed by atoms with Crippen LogP contribution in [0.15, 0.2) is 89.5 Å². The summed E-state index contributed by atoms with van der Waals surface area (Å²) in [6.45, 7) is 6.13. The number of rotatable bonds is 8. The lowest BCUT2D eigenvalue weighted by Crippen LogP contribution is -2.46. The molecule has 0 aromatic heterocycles. The summed E-state index contributed by atoms with van der Waals surface area (Å²) in [6.07, 6.45) is 3.67. The van der Waals surface area contributed by atoms with Crippen molar-refractivity contribution >= 4 is 30.7 Å². The van der Waals surface area contributed by atoms with Gasteiger partial charge in [-0.25, -0.2) is 0 Å². The van der Waals surface area contributed by atoms with Crippen LogP contribution < -0.4 is 9.64 Å². The van der Waals surface area contributed by atoms with E-state index in [9.17, 15) is 19.7 Å². The van der Waals surface area contributed by atoms with Crippen LogP contribution in [0.4, 0.5) is 5.69 Å². The second-order valence-electron chi connectivity index (χ2n) is 12.3. The molecule has 2 amide bonds. The molecule has 2 heterocycles. The first kappa shape index (κ1) is 29.9. The van der Waals surface area contributed by atoms with Crippen LogP contribution in [0.25, 0.3) is 6.08 Å². The molecule has 44 heavy (non-hydrogen) atoms.